The first-order valence-corrected chi connectivity index (χ1v) is 9.31. The standard InChI is InChI=1S/C14H15ClN2O4S2/c1-9(21-11-4-2-10(15)3-5-11)14(18)17-8-12-6-7-13(22-12)23(16,19)20/h2-7,9H,8H2,1H3,(H,17,18)(H2,16,19,20). The summed E-state index contributed by atoms with van der Waals surface area (Å²) in [6, 6.07) is 9.70. The van der Waals surface area contributed by atoms with Crippen molar-refractivity contribution >= 4 is 38.9 Å². The summed E-state index contributed by atoms with van der Waals surface area (Å²) in [5.41, 5.74) is 0. The number of ether oxygens (including phenoxy) is 1. The zero-order valence-electron chi connectivity index (χ0n) is 12.2. The second-order valence-electron chi connectivity index (χ2n) is 4.70. The van der Waals surface area contributed by atoms with Crippen LogP contribution in [0, 0.1) is 0 Å². The zero-order chi connectivity index (χ0) is 17.0. The molecule has 0 spiro atoms. The van der Waals surface area contributed by atoms with Crippen LogP contribution in [0.25, 0.3) is 0 Å². The number of amides is 1. The first-order valence-electron chi connectivity index (χ1n) is 6.57. The lowest BCUT2D eigenvalue weighted by molar-refractivity contribution is -0.127. The fourth-order valence-corrected chi connectivity index (χ4v) is 3.54. The van der Waals surface area contributed by atoms with E-state index >= 15 is 0 Å². The molecule has 1 heterocycles. The number of carbonyl (C=O) groups excluding carboxylic acids is 1. The number of nitrogens with two attached hydrogens (primary N) is 1. The van der Waals surface area contributed by atoms with Gasteiger partial charge in [0.1, 0.15) is 9.96 Å². The minimum Gasteiger partial charge on any atom is -0.481 e. The van der Waals surface area contributed by atoms with Gasteiger partial charge in [-0.2, -0.15) is 0 Å². The van der Waals surface area contributed by atoms with Crippen LogP contribution in [0.3, 0.4) is 0 Å². The van der Waals surface area contributed by atoms with E-state index < -0.39 is 16.1 Å². The number of benzene rings is 1. The van der Waals surface area contributed by atoms with Crippen LogP contribution in [-0.4, -0.2) is 20.4 Å². The number of primary sulfonamides is 1. The molecule has 1 aromatic carbocycles. The Balaban J connectivity index is 1.89. The van der Waals surface area contributed by atoms with Gasteiger partial charge < -0.3 is 10.1 Å². The predicted molar refractivity (Wildman–Crippen MR) is 89.1 cm³/mol. The number of halogens is 1. The lowest BCUT2D eigenvalue weighted by Gasteiger charge is -2.14. The van der Waals surface area contributed by atoms with E-state index in [-0.39, 0.29) is 16.7 Å². The van der Waals surface area contributed by atoms with Gasteiger partial charge in [0.05, 0.1) is 6.54 Å². The zero-order valence-corrected chi connectivity index (χ0v) is 14.5. The Morgan fingerprint density at radius 1 is 1.30 bits per heavy atom. The Labute approximate surface area is 143 Å². The molecule has 0 radical (unpaired) electrons. The largest absolute Gasteiger partial charge is 0.481 e. The van der Waals surface area contributed by atoms with Crippen molar-refractivity contribution in [2.45, 2.75) is 23.8 Å². The molecule has 9 heteroatoms. The van der Waals surface area contributed by atoms with E-state index in [9.17, 15) is 13.2 Å². The smallest absolute Gasteiger partial charge is 0.261 e. The second kappa shape index (κ2) is 7.31. The van der Waals surface area contributed by atoms with Crippen molar-refractivity contribution in [3.05, 3.63) is 46.3 Å². The monoisotopic (exact) mass is 374 g/mol. The maximum Gasteiger partial charge on any atom is 0.261 e. The molecule has 1 aromatic heterocycles. The molecule has 124 valence electrons. The van der Waals surface area contributed by atoms with Crippen LogP contribution in [0.1, 0.15) is 11.8 Å². The van der Waals surface area contributed by atoms with Crippen molar-refractivity contribution in [3.63, 3.8) is 0 Å². The predicted octanol–water partition coefficient (Wildman–Crippen LogP) is 2.13. The molecule has 3 N–H and O–H groups in total. The number of thiophene rings is 1. The quantitative estimate of drug-likeness (QED) is 0.809. The van der Waals surface area contributed by atoms with Crippen LogP contribution in [0.4, 0.5) is 0 Å². The van der Waals surface area contributed by atoms with Crippen LogP contribution in [-0.2, 0) is 21.4 Å². The van der Waals surface area contributed by atoms with Gasteiger partial charge in [0.2, 0.25) is 10.0 Å². The molecular formula is C14H15ClN2O4S2. The summed E-state index contributed by atoms with van der Waals surface area (Å²) < 4.78 is 27.9. The highest BCUT2D eigenvalue weighted by Gasteiger charge is 2.16. The molecule has 0 aliphatic heterocycles. The lowest BCUT2D eigenvalue weighted by atomic mass is 10.3. The summed E-state index contributed by atoms with van der Waals surface area (Å²) in [6.07, 6.45) is -0.700. The molecule has 2 rings (SSSR count). The van der Waals surface area contributed by atoms with Gasteiger partial charge in [-0.1, -0.05) is 11.6 Å². The van der Waals surface area contributed by atoms with Gasteiger partial charge in [-0.3, -0.25) is 4.79 Å². The fraction of sp³-hybridized carbons (Fsp3) is 0.214. The normalized spacial score (nSPS) is 12.7. The Kier molecular flexibility index (Phi) is 5.64. The summed E-state index contributed by atoms with van der Waals surface area (Å²) in [7, 11) is -3.71. The minimum atomic E-state index is -3.71. The third-order valence-electron chi connectivity index (χ3n) is 2.85. The summed E-state index contributed by atoms with van der Waals surface area (Å²) >= 11 is 6.79. The number of carbonyl (C=O) groups is 1. The molecule has 0 saturated carbocycles. The topological polar surface area (TPSA) is 98.5 Å². The van der Waals surface area contributed by atoms with E-state index in [2.05, 4.69) is 5.32 Å². The molecule has 6 nitrogen and oxygen atoms in total. The van der Waals surface area contributed by atoms with Crippen molar-refractivity contribution in [2.24, 2.45) is 5.14 Å². The third kappa shape index (κ3) is 5.21. The van der Waals surface area contributed by atoms with E-state index in [4.69, 9.17) is 21.5 Å². The lowest BCUT2D eigenvalue weighted by Crippen LogP contribution is -2.35. The molecule has 1 unspecified atom stereocenters. The molecule has 0 fully saturated rings. The number of rotatable bonds is 6. The van der Waals surface area contributed by atoms with Crippen molar-refractivity contribution in [2.75, 3.05) is 0 Å². The van der Waals surface area contributed by atoms with Gasteiger partial charge in [0, 0.05) is 9.90 Å². The van der Waals surface area contributed by atoms with Gasteiger partial charge in [-0.05, 0) is 43.3 Å². The van der Waals surface area contributed by atoms with E-state index in [0.29, 0.717) is 15.6 Å². The fourth-order valence-electron chi connectivity index (χ4n) is 1.69. The molecule has 1 atom stereocenters. The molecule has 1 amide bonds. The molecule has 0 saturated heterocycles. The van der Waals surface area contributed by atoms with Gasteiger partial charge in [-0.25, -0.2) is 13.6 Å². The van der Waals surface area contributed by atoms with Crippen molar-refractivity contribution in [3.8, 4) is 5.75 Å². The van der Waals surface area contributed by atoms with Crippen LogP contribution >= 0.6 is 22.9 Å². The van der Waals surface area contributed by atoms with Gasteiger partial charge in [0.15, 0.2) is 6.10 Å². The second-order valence-corrected chi connectivity index (χ2v) is 8.09. The minimum absolute atomic E-state index is 0.0622. The summed E-state index contributed by atoms with van der Waals surface area (Å²) in [5.74, 6) is 0.218. The van der Waals surface area contributed by atoms with Gasteiger partial charge in [-0.15, -0.1) is 11.3 Å². The maximum atomic E-state index is 12.0. The van der Waals surface area contributed by atoms with Crippen molar-refractivity contribution < 1.29 is 17.9 Å². The van der Waals surface area contributed by atoms with Crippen LogP contribution < -0.4 is 15.2 Å². The van der Waals surface area contributed by atoms with Crippen LogP contribution in [0.15, 0.2) is 40.6 Å². The summed E-state index contributed by atoms with van der Waals surface area (Å²) in [4.78, 5) is 12.7. The molecule has 2 aromatic rings. The summed E-state index contributed by atoms with van der Waals surface area (Å²) in [6.45, 7) is 1.82. The Bertz CT molecular complexity index is 787. The average molecular weight is 375 g/mol. The number of hydrogen-bond acceptors (Lipinski definition) is 5. The molecule has 0 aliphatic rings. The van der Waals surface area contributed by atoms with Gasteiger partial charge in [0.25, 0.3) is 5.91 Å². The molecule has 0 aliphatic carbocycles. The summed E-state index contributed by atoms with van der Waals surface area (Å²) in [5, 5.41) is 8.30. The Hall–Kier alpha value is -1.61. The van der Waals surface area contributed by atoms with Crippen molar-refractivity contribution in [1.29, 1.82) is 0 Å². The molecular weight excluding hydrogens is 360 g/mol. The molecule has 0 bridgehead atoms. The van der Waals surface area contributed by atoms with E-state index in [1.54, 1.807) is 37.3 Å². The number of nitrogens with one attached hydrogen (secondary N) is 1. The van der Waals surface area contributed by atoms with E-state index in [1.165, 1.54) is 6.07 Å². The number of hydrogen-bond donors (Lipinski definition) is 2. The van der Waals surface area contributed by atoms with E-state index in [1.807, 2.05) is 0 Å². The highest BCUT2D eigenvalue weighted by molar-refractivity contribution is 7.91. The Morgan fingerprint density at radius 2 is 1.96 bits per heavy atom. The SMILES string of the molecule is CC(Oc1ccc(Cl)cc1)C(=O)NCc1ccc(S(N)(=O)=O)s1. The average Bonchev–Trinajstić information content (AvgIpc) is 2.96. The van der Waals surface area contributed by atoms with E-state index in [0.717, 1.165) is 11.3 Å². The first-order chi connectivity index (χ1) is 10.8. The maximum absolute atomic E-state index is 12.0. The van der Waals surface area contributed by atoms with Crippen LogP contribution in [0.5, 0.6) is 5.75 Å². The Morgan fingerprint density at radius 3 is 2.52 bits per heavy atom. The van der Waals surface area contributed by atoms with Crippen molar-refractivity contribution in [1.82, 2.24) is 5.32 Å². The highest BCUT2D eigenvalue weighted by atomic mass is 35.5. The third-order valence-corrected chi connectivity index (χ3v) is 5.63. The molecule has 23 heavy (non-hydrogen) atoms. The van der Waals surface area contributed by atoms with Gasteiger partial charge >= 0.3 is 0 Å². The van der Waals surface area contributed by atoms with Crippen LogP contribution in [0.2, 0.25) is 5.02 Å². The first kappa shape index (κ1) is 17.7. The number of sulfonamides is 1. The highest BCUT2D eigenvalue weighted by Crippen LogP contribution is 2.20.